The number of nitrogens with one attached hydrogen (secondary N) is 2. The second-order valence-electron chi connectivity index (χ2n) is 5.49. The highest BCUT2D eigenvalue weighted by molar-refractivity contribution is 4.92. The predicted molar refractivity (Wildman–Crippen MR) is 73.8 cm³/mol. The number of hydrogen-bond donors (Lipinski definition) is 10. The average molecular weight is 326 g/mol. The molecule has 2 fully saturated rings. The summed E-state index contributed by atoms with van der Waals surface area (Å²) in [6, 6.07) is -1.07. The maximum Gasteiger partial charge on any atom is 0.109 e. The van der Waals surface area contributed by atoms with Crippen LogP contribution >= 0.6 is 0 Å². The second-order valence-corrected chi connectivity index (χ2v) is 5.49. The molecule has 2 saturated heterocycles. The van der Waals surface area contributed by atoms with Gasteiger partial charge in [-0.3, -0.25) is 0 Å². The topological polar surface area (TPSA) is 186 Å². The van der Waals surface area contributed by atoms with Gasteiger partial charge in [-0.25, -0.2) is 0 Å². The minimum atomic E-state index is -1.16. The second kappa shape index (κ2) is 9.03. The van der Waals surface area contributed by atoms with Crippen LogP contribution in [0, 0.1) is 0 Å². The Morgan fingerprint density at radius 3 is 1.18 bits per heavy atom. The van der Waals surface area contributed by atoms with E-state index in [1.807, 2.05) is 0 Å². The van der Waals surface area contributed by atoms with Gasteiger partial charge in [0.05, 0.1) is 49.7 Å². The fourth-order valence-electron chi connectivity index (χ4n) is 2.30. The van der Waals surface area contributed by atoms with E-state index >= 15 is 0 Å². The number of aliphatic hydroxyl groups excluding tert-OH is 8. The Labute approximate surface area is 127 Å². The van der Waals surface area contributed by atoms with Crippen molar-refractivity contribution < 1.29 is 40.9 Å². The van der Waals surface area contributed by atoms with Crippen molar-refractivity contribution in [2.45, 2.75) is 48.7 Å². The molecular formula is C12H26N2O8. The van der Waals surface area contributed by atoms with Crippen LogP contribution in [0.5, 0.6) is 0 Å². The molecule has 0 aromatic rings. The highest BCUT2D eigenvalue weighted by atomic mass is 16.4. The minimum absolute atomic E-state index is 0.198. The third-order valence-corrected chi connectivity index (χ3v) is 3.88. The molecule has 10 heteroatoms. The zero-order chi connectivity index (χ0) is 16.9. The summed E-state index contributed by atoms with van der Waals surface area (Å²) in [5.41, 5.74) is 0. The van der Waals surface area contributed by atoms with E-state index in [1.54, 1.807) is 0 Å². The molecule has 2 heterocycles. The van der Waals surface area contributed by atoms with Crippen molar-refractivity contribution in [3.05, 3.63) is 0 Å². The Morgan fingerprint density at radius 2 is 0.909 bits per heavy atom. The van der Waals surface area contributed by atoms with E-state index in [0.29, 0.717) is 0 Å². The molecule has 10 nitrogen and oxygen atoms in total. The molecule has 0 aliphatic carbocycles. The summed E-state index contributed by atoms with van der Waals surface area (Å²) in [6.07, 6.45) is -6.41. The van der Waals surface area contributed by atoms with Gasteiger partial charge >= 0.3 is 0 Å². The van der Waals surface area contributed by atoms with Crippen LogP contribution in [0.2, 0.25) is 0 Å². The summed E-state index contributed by atoms with van der Waals surface area (Å²) < 4.78 is 0. The SMILES string of the molecule is OC[C@H]1NC[C@@H](O)[C@@H](O)[C@@H]1O.OC[C@H]1NC[C@H](O)[C@@H](O)[C@@H]1O. The molecule has 0 aromatic heterocycles. The first-order chi connectivity index (χ1) is 10.3. The number of piperidine rings is 2. The molecule has 8 atom stereocenters. The van der Waals surface area contributed by atoms with Gasteiger partial charge in [0.15, 0.2) is 0 Å². The first-order valence-electron chi connectivity index (χ1n) is 7.10. The summed E-state index contributed by atoms with van der Waals surface area (Å²) >= 11 is 0. The van der Waals surface area contributed by atoms with Gasteiger partial charge in [0.1, 0.15) is 12.2 Å². The summed E-state index contributed by atoms with van der Waals surface area (Å²) in [4.78, 5) is 0. The van der Waals surface area contributed by atoms with Crippen molar-refractivity contribution >= 4 is 0 Å². The van der Waals surface area contributed by atoms with Gasteiger partial charge in [-0.05, 0) is 0 Å². The molecular weight excluding hydrogens is 300 g/mol. The number of aliphatic hydroxyl groups is 8. The summed E-state index contributed by atoms with van der Waals surface area (Å²) in [7, 11) is 0. The van der Waals surface area contributed by atoms with Crippen LogP contribution in [0.4, 0.5) is 0 Å². The van der Waals surface area contributed by atoms with E-state index in [1.165, 1.54) is 0 Å². The number of rotatable bonds is 2. The van der Waals surface area contributed by atoms with Crippen molar-refractivity contribution in [2.24, 2.45) is 0 Å². The fraction of sp³-hybridized carbons (Fsp3) is 1.00. The van der Waals surface area contributed by atoms with Gasteiger partial charge in [0, 0.05) is 13.1 Å². The fourth-order valence-corrected chi connectivity index (χ4v) is 2.30. The molecule has 0 amide bonds. The van der Waals surface area contributed by atoms with Crippen LogP contribution in [0.1, 0.15) is 0 Å². The first-order valence-corrected chi connectivity index (χ1v) is 7.10. The van der Waals surface area contributed by atoms with Gasteiger partial charge in [-0.1, -0.05) is 0 Å². The monoisotopic (exact) mass is 326 g/mol. The molecule has 2 rings (SSSR count). The summed E-state index contributed by atoms with van der Waals surface area (Å²) in [6.45, 7) is -0.0944. The quantitative estimate of drug-likeness (QED) is 0.234. The minimum Gasteiger partial charge on any atom is -0.395 e. The van der Waals surface area contributed by atoms with E-state index in [4.69, 9.17) is 30.6 Å². The number of β-amino-alcohol motifs (C(OH)–C–C–N with tert-alkyl or cyclic N) is 2. The van der Waals surface area contributed by atoms with E-state index in [9.17, 15) is 10.2 Å². The smallest absolute Gasteiger partial charge is 0.109 e. The first kappa shape index (κ1) is 19.6. The maximum absolute atomic E-state index is 9.18. The normalized spacial score (nSPS) is 45.8. The lowest BCUT2D eigenvalue weighted by atomic mass is 9.97. The molecule has 0 saturated carbocycles. The number of hydrogen-bond acceptors (Lipinski definition) is 10. The molecule has 22 heavy (non-hydrogen) atoms. The third-order valence-electron chi connectivity index (χ3n) is 3.88. The molecule has 0 bridgehead atoms. The largest absolute Gasteiger partial charge is 0.395 e. The van der Waals surface area contributed by atoms with Crippen molar-refractivity contribution in [1.82, 2.24) is 10.6 Å². The Morgan fingerprint density at radius 1 is 0.591 bits per heavy atom. The molecule has 2 aliphatic heterocycles. The van der Waals surface area contributed by atoms with Gasteiger partial charge < -0.3 is 51.5 Å². The Bertz CT molecular complexity index is 290. The molecule has 132 valence electrons. The zero-order valence-corrected chi connectivity index (χ0v) is 12.0. The average Bonchev–Trinajstić information content (AvgIpc) is 2.51. The van der Waals surface area contributed by atoms with Crippen LogP contribution in [-0.4, -0.2) is 116 Å². The van der Waals surface area contributed by atoms with Crippen LogP contribution in [0.15, 0.2) is 0 Å². The van der Waals surface area contributed by atoms with Gasteiger partial charge in [-0.2, -0.15) is 0 Å². The van der Waals surface area contributed by atoms with Crippen molar-refractivity contribution in [2.75, 3.05) is 26.3 Å². The lowest BCUT2D eigenvalue weighted by Gasteiger charge is -2.34. The summed E-state index contributed by atoms with van der Waals surface area (Å²) in [5.74, 6) is 0. The highest BCUT2D eigenvalue weighted by Crippen LogP contribution is 2.10. The van der Waals surface area contributed by atoms with Crippen LogP contribution < -0.4 is 10.6 Å². The maximum atomic E-state index is 9.18. The molecule has 10 N–H and O–H groups in total. The van der Waals surface area contributed by atoms with E-state index in [2.05, 4.69) is 10.6 Å². The Kier molecular flexibility index (Phi) is 8.07. The van der Waals surface area contributed by atoms with Crippen molar-refractivity contribution in [1.29, 1.82) is 0 Å². The standard InChI is InChI=1S/2C6H13NO4/c2*8-2-3-5(10)6(11)4(9)1-7-3/h2*3-11H,1-2H2/t3-,4+,5-,6-;3-,4-,5-,6-/m11/s1. The van der Waals surface area contributed by atoms with Crippen LogP contribution in [0.25, 0.3) is 0 Å². The zero-order valence-electron chi connectivity index (χ0n) is 12.0. The van der Waals surface area contributed by atoms with Gasteiger partial charge in [-0.15, -0.1) is 0 Å². The molecule has 0 spiro atoms. The lowest BCUT2D eigenvalue weighted by Crippen LogP contribution is -2.60. The molecule has 0 unspecified atom stereocenters. The van der Waals surface area contributed by atoms with Gasteiger partial charge in [0.2, 0.25) is 0 Å². The predicted octanol–water partition coefficient (Wildman–Crippen LogP) is -5.93. The van der Waals surface area contributed by atoms with E-state index in [0.717, 1.165) is 0 Å². The molecule has 0 aromatic carbocycles. The van der Waals surface area contributed by atoms with Crippen LogP contribution in [-0.2, 0) is 0 Å². The van der Waals surface area contributed by atoms with Crippen LogP contribution in [0.3, 0.4) is 0 Å². The third kappa shape index (κ3) is 4.80. The summed E-state index contributed by atoms with van der Waals surface area (Å²) in [5, 5.41) is 77.2. The Balaban J connectivity index is 0.000000220. The van der Waals surface area contributed by atoms with Crippen molar-refractivity contribution in [3.63, 3.8) is 0 Å². The van der Waals surface area contributed by atoms with E-state index in [-0.39, 0.29) is 26.3 Å². The van der Waals surface area contributed by atoms with Gasteiger partial charge in [0.25, 0.3) is 0 Å². The van der Waals surface area contributed by atoms with E-state index < -0.39 is 48.7 Å². The highest BCUT2D eigenvalue weighted by Gasteiger charge is 2.36. The molecule has 0 radical (unpaired) electrons. The Hall–Kier alpha value is -0.400. The molecule has 2 aliphatic rings. The van der Waals surface area contributed by atoms with Crippen molar-refractivity contribution in [3.8, 4) is 0 Å². The lowest BCUT2D eigenvalue weighted by molar-refractivity contribution is -0.101.